The molecule has 1 aromatic rings. The van der Waals surface area contributed by atoms with Gasteiger partial charge in [0.1, 0.15) is 6.04 Å². The Labute approximate surface area is 107 Å². The van der Waals surface area contributed by atoms with E-state index in [0.29, 0.717) is 0 Å². The van der Waals surface area contributed by atoms with Crippen molar-refractivity contribution in [3.63, 3.8) is 0 Å². The van der Waals surface area contributed by atoms with E-state index in [1.807, 2.05) is 6.92 Å². The highest BCUT2D eigenvalue weighted by atomic mass is 32.2. The number of benzene rings is 1. The molecular formula is C12H17NO4S. The van der Waals surface area contributed by atoms with Crippen molar-refractivity contribution in [1.82, 2.24) is 4.72 Å². The molecule has 0 aliphatic rings. The van der Waals surface area contributed by atoms with E-state index in [2.05, 4.69) is 4.72 Å². The lowest BCUT2D eigenvalue weighted by Crippen LogP contribution is -2.39. The summed E-state index contributed by atoms with van der Waals surface area (Å²) in [5.74, 6) is -0.590. The zero-order valence-corrected chi connectivity index (χ0v) is 11.5. The summed E-state index contributed by atoms with van der Waals surface area (Å²) >= 11 is 0. The van der Waals surface area contributed by atoms with E-state index in [9.17, 15) is 13.2 Å². The van der Waals surface area contributed by atoms with Gasteiger partial charge in [-0.25, -0.2) is 8.42 Å². The summed E-state index contributed by atoms with van der Waals surface area (Å²) in [7, 11) is -3.69. The summed E-state index contributed by atoms with van der Waals surface area (Å²) in [5.41, 5.74) is 0.965. The van der Waals surface area contributed by atoms with Crippen molar-refractivity contribution >= 4 is 16.0 Å². The number of carbonyl (C=O) groups is 1. The predicted molar refractivity (Wildman–Crippen MR) is 67.6 cm³/mol. The third kappa shape index (κ3) is 3.82. The zero-order chi connectivity index (χ0) is 13.8. The molecule has 0 saturated heterocycles. The average molecular weight is 271 g/mol. The molecule has 1 aromatic carbocycles. The molecule has 5 nitrogen and oxygen atoms in total. The third-order valence-corrected chi connectivity index (χ3v) is 3.86. The van der Waals surface area contributed by atoms with Crippen molar-refractivity contribution in [2.24, 2.45) is 0 Å². The second-order valence-corrected chi connectivity index (χ2v) is 5.62. The second-order valence-electron chi connectivity index (χ2n) is 3.91. The van der Waals surface area contributed by atoms with E-state index in [-0.39, 0.29) is 11.5 Å². The van der Waals surface area contributed by atoms with Crippen LogP contribution >= 0.6 is 0 Å². The van der Waals surface area contributed by atoms with Crippen LogP contribution < -0.4 is 4.72 Å². The molecule has 0 amide bonds. The minimum Gasteiger partial charge on any atom is -0.465 e. The Hall–Kier alpha value is -1.40. The summed E-state index contributed by atoms with van der Waals surface area (Å²) in [5, 5.41) is 0. The molecule has 0 fully saturated rings. The van der Waals surface area contributed by atoms with Gasteiger partial charge in [0.25, 0.3) is 0 Å². The molecule has 0 unspecified atom stereocenters. The molecule has 0 aromatic heterocycles. The van der Waals surface area contributed by atoms with Gasteiger partial charge in [-0.05, 0) is 32.9 Å². The SMILES string of the molecule is CCOC(=O)[C@@H](C)NS(=O)(=O)c1ccc(C)cc1. The first-order valence-electron chi connectivity index (χ1n) is 5.62. The van der Waals surface area contributed by atoms with E-state index in [0.717, 1.165) is 5.56 Å². The van der Waals surface area contributed by atoms with Gasteiger partial charge in [-0.15, -0.1) is 0 Å². The first-order chi connectivity index (χ1) is 8.36. The molecule has 0 bridgehead atoms. The molecule has 6 heteroatoms. The fourth-order valence-electron chi connectivity index (χ4n) is 1.33. The van der Waals surface area contributed by atoms with Crippen molar-refractivity contribution in [2.45, 2.75) is 31.7 Å². The fraction of sp³-hybridized carbons (Fsp3) is 0.417. The number of rotatable bonds is 5. The average Bonchev–Trinajstić information content (AvgIpc) is 2.29. The van der Waals surface area contributed by atoms with Gasteiger partial charge >= 0.3 is 5.97 Å². The topological polar surface area (TPSA) is 72.5 Å². The van der Waals surface area contributed by atoms with Gasteiger partial charge < -0.3 is 4.74 Å². The Morgan fingerprint density at radius 3 is 2.39 bits per heavy atom. The van der Waals surface area contributed by atoms with Crippen LogP contribution in [0, 0.1) is 6.92 Å². The summed E-state index contributed by atoms with van der Waals surface area (Å²) in [6.07, 6.45) is 0. The Morgan fingerprint density at radius 2 is 1.89 bits per heavy atom. The lowest BCUT2D eigenvalue weighted by molar-refractivity contribution is -0.144. The van der Waals surface area contributed by atoms with Crippen molar-refractivity contribution in [3.05, 3.63) is 29.8 Å². The molecule has 100 valence electrons. The van der Waals surface area contributed by atoms with Gasteiger partial charge in [-0.2, -0.15) is 4.72 Å². The summed E-state index contributed by atoms with van der Waals surface area (Å²) < 4.78 is 30.9. The van der Waals surface area contributed by atoms with Crippen molar-refractivity contribution in [1.29, 1.82) is 0 Å². The molecule has 0 saturated carbocycles. The van der Waals surface area contributed by atoms with Crippen molar-refractivity contribution in [2.75, 3.05) is 6.61 Å². The monoisotopic (exact) mass is 271 g/mol. The highest BCUT2D eigenvalue weighted by Gasteiger charge is 2.22. The van der Waals surface area contributed by atoms with Crippen LogP contribution in [0.1, 0.15) is 19.4 Å². The Morgan fingerprint density at radius 1 is 1.33 bits per heavy atom. The Kier molecular flexibility index (Phi) is 4.86. The van der Waals surface area contributed by atoms with Crippen LogP contribution in [0.25, 0.3) is 0 Å². The maximum atomic E-state index is 11.9. The minimum atomic E-state index is -3.69. The van der Waals surface area contributed by atoms with Crippen LogP contribution in [0.5, 0.6) is 0 Å². The minimum absolute atomic E-state index is 0.129. The molecule has 0 radical (unpaired) electrons. The van der Waals surface area contributed by atoms with Gasteiger partial charge in [0, 0.05) is 0 Å². The van der Waals surface area contributed by atoms with Crippen molar-refractivity contribution < 1.29 is 17.9 Å². The van der Waals surface area contributed by atoms with Gasteiger partial charge in [0.2, 0.25) is 10.0 Å². The second kappa shape index (κ2) is 5.97. The quantitative estimate of drug-likeness (QED) is 0.817. The molecule has 1 rings (SSSR count). The number of hydrogen-bond donors (Lipinski definition) is 1. The fourth-order valence-corrected chi connectivity index (χ4v) is 2.53. The van der Waals surface area contributed by atoms with Gasteiger partial charge in [0.05, 0.1) is 11.5 Å². The summed E-state index contributed by atoms with van der Waals surface area (Å²) in [6.45, 7) is 5.20. The number of carbonyl (C=O) groups excluding carboxylic acids is 1. The van der Waals surface area contributed by atoms with Gasteiger partial charge in [0.15, 0.2) is 0 Å². The number of aryl methyl sites for hydroxylation is 1. The Balaban J connectivity index is 2.82. The van der Waals surface area contributed by atoms with Gasteiger partial charge in [-0.1, -0.05) is 17.7 Å². The zero-order valence-electron chi connectivity index (χ0n) is 10.6. The van der Waals surface area contributed by atoms with E-state index >= 15 is 0 Å². The smallest absolute Gasteiger partial charge is 0.323 e. The molecule has 1 atom stereocenters. The standard InChI is InChI=1S/C12H17NO4S/c1-4-17-12(14)10(3)13-18(15,16)11-7-5-9(2)6-8-11/h5-8,10,13H,4H2,1-3H3/t10-/m1/s1. The summed E-state index contributed by atoms with van der Waals surface area (Å²) in [6, 6.07) is 5.48. The molecule has 0 heterocycles. The molecule has 1 N–H and O–H groups in total. The number of esters is 1. The van der Waals surface area contributed by atoms with E-state index < -0.39 is 22.0 Å². The number of nitrogens with one attached hydrogen (secondary N) is 1. The lowest BCUT2D eigenvalue weighted by atomic mass is 10.2. The first kappa shape index (κ1) is 14.7. The van der Waals surface area contributed by atoms with Crippen LogP contribution in [0.2, 0.25) is 0 Å². The normalized spacial score (nSPS) is 13.1. The van der Waals surface area contributed by atoms with E-state index in [4.69, 9.17) is 4.74 Å². The highest BCUT2D eigenvalue weighted by molar-refractivity contribution is 7.89. The number of hydrogen-bond acceptors (Lipinski definition) is 4. The first-order valence-corrected chi connectivity index (χ1v) is 7.10. The Bertz CT molecular complexity index is 507. The number of sulfonamides is 1. The molecule has 0 aliphatic heterocycles. The largest absolute Gasteiger partial charge is 0.465 e. The third-order valence-electron chi connectivity index (χ3n) is 2.30. The summed E-state index contributed by atoms with van der Waals surface area (Å²) in [4.78, 5) is 11.5. The van der Waals surface area contributed by atoms with Crippen molar-refractivity contribution in [3.8, 4) is 0 Å². The number of ether oxygens (including phenoxy) is 1. The van der Waals surface area contributed by atoms with Crippen LogP contribution in [0.15, 0.2) is 29.2 Å². The van der Waals surface area contributed by atoms with Crippen LogP contribution in [-0.2, 0) is 19.6 Å². The lowest BCUT2D eigenvalue weighted by Gasteiger charge is -2.13. The van der Waals surface area contributed by atoms with Gasteiger partial charge in [-0.3, -0.25) is 4.79 Å². The molecular weight excluding hydrogens is 254 g/mol. The maximum absolute atomic E-state index is 11.9. The molecule has 0 aliphatic carbocycles. The predicted octanol–water partition coefficient (Wildman–Crippen LogP) is 1.22. The van der Waals surface area contributed by atoms with Crippen LogP contribution in [-0.4, -0.2) is 27.0 Å². The van der Waals surface area contributed by atoms with E-state index in [1.165, 1.54) is 19.1 Å². The van der Waals surface area contributed by atoms with E-state index in [1.54, 1.807) is 19.1 Å². The van der Waals surface area contributed by atoms with Crippen LogP contribution in [0.4, 0.5) is 0 Å². The van der Waals surface area contributed by atoms with Crippen LogP contribution in [0.3, 0.4) is 0 Å². The highest BCUT2D eigenvalue weighted by Crippen LogP contribution is 2.10. The molecule has 0 spiro atoms. The molecule has 18 heavy (non-hydrogen) atoms. The maximum Gasteiger partial charge on any atom is 0.323 e.